The van der Waals surface area contributed by atoms with Crippen molar-refractivity contribution >= 4 is 0 Å². The van der Waals surface area contributed by atoms with Crippen LogP contribution in [0.25, 0.3) is 0 Å². The molecule has 0 aliphatic heterocycles. The number of benzene rings is 1. The van der Waals surface area contributed by atoms with Crippen LogP contribution in [0.15, 0.2) is 18.2 Å². The van der Waals surface area contributed by atoms with Gasteiger partial charge in [-0.15, -0.1) is 0 Å². The molecule has 2 heteroatoms. The van der Waals surface area contributed by atoms with E-state index in [0.29, 0.717) is 18.1 Å². The summed E-state index contributed by atoms with van der Waals surface area (Å²) < 4.78 is 0. The van der Waals surface area contributed by atoms with Crippen LogP contribution < -0.4 is 5.32 Å². The molecule has 18 heavy (non-hydrogen) atoms. The van der Waals surface area contributed by atoms with Crippen LogP contribution in [0.4, 0.5) is 0 Å². The molecule has 0 aromatic heterocycles. The second-order valence-corrected chi connectivity index (χ2v) is 6.00. The van der Waals surface area contributed by atoms with Crippen LogP contribution in [-0.2, 0) is 0 Å². The van der Waals surface area contributed by atoms with Crippen molar-refractivity contribution in [3.05, 3.63) is 34.9 Å². The van der Waals surface area contributed by atoms with Crippen molar-refractivity contribution in [3.8, 4) is 0 Å². The first-order chi connectivity index (χ1) is 8.54. The molecule has 2 nitrogen and oxygen atoms in total. The Bertz CT molecular complexity index is 389. The molecule has 0 bridgehead atoms. The zero-order valence-electron chi connectivity index (χ0n) is 11.8. The number of nitrogens with one attached hydrogen (secondary N) is 1. The van der Waals surface area contributed by atoms with Gasteiger partial charge in [0.05, 0.1) is 0 Å². The lowest BCUT2D eigenvalue weighted by Crippen LogP contribution is -2.27. The average molecular weight is 247 g/mol. The smallest absolute Gasteiger partial charge is 0.0436 e. The molecule has 0 saturated heterocycles. The topological polar surface area (TPSA) is 32.3 Å². The van der Waals surface area contributed by atoms with E-state index < -0.39 is 0 Å². The SMILES string of the molecule is Cc1cc(C)cc(C(C)NCC2(CCO)CC2)c1. The maximum atomic E-state index is 9.07. The summed E-state index contributed by atoms with van der Waals surface area (Å²) in [5.74, 6) is 0. The number of hydrogen-bond donors (Lipinski definition) is 2. The van der Waals surface area contributed by atoms with Crippen molar-refractivity contribution in [1.29, 1.82) is 0 Å². The minimum Gasteiger partial charge on any atom is -0.396 e. The Labute approximate surface area is 110 Å². The third kappa shape index (κ3) is 3.33. The average Bonchev–Trinajstić information content (AvgIpc) is 3.06. The Balaban J connectivity index is 1.93. The summed E-state index contributed by atoms with van der Waals surface area (Å²) in [6.45, 7) is 7.87. The standard InChI is InChI=1S/C16H25NO/c1-12-8-13(2)10-15(9-12)14(3)17-11-16(4-5-16)6-7-18/h8-10,14,17-18H,4-7,11H2,1-3H3. The maximum Gasteiger partial charge on any atom is 0.0436 e. The monoisotopic (exact) mass is 247 g/mol. The van der Waals surface area contributed by atoms with Crippen molar-refractivity contribution in [3.63, 3.8) is 0 Å². The highest BCUT2D eigenvalue weighted by molar-refractivity contribution is 5.30. The zero-order valence-corrected chi connectivity index (χ0v) is 11.8. The van der Waals surface area contributed by atoms with Crippen LogP contribution >= 0.6 is 0 Å². The molecule has 1 aliphatic rings. The van der Waals surface area contributed by atoms with E-state index in [9.17, 15) is 0 Å². The van der Waals surface area contributed by atoms with E-state index in [1.165, 1.54) is 29.5 Å². The van der Waals surface area contributed by atoms with E-state index in [4.69, 9.17) is 5.11 Å². The van der Waals surface area contributed by atoms with Gasteiger partial charge in [-0.2, -0.15) is 0 Å². The predicted octanol–water partition coefficient (Wildman–Crippen LogP) is 3.12. The van der Waals surface area contributed by atoms with E-state index >= 15 is 0 Å². The van der Waals surface area contributed by atoms with Gasteiger partial charge < -0.3 is 10.4 Å². The molecule has 1 atom stereocenters. The molecular formula is C16H25NO. The molecule has 1 aromatic rings. The minimum absolute atomic E-state index is 0.319. The van der Waals surface area contributed by atoms with Crippen molar-refractivity contribution in [1.82, 2.24) is 5.32 Å². The minimum atomic E-state index is 0.319. The highest BCUT2D eigenvalue weighted by atomic mass is 16.3. The lowest BCUT2D eigenvalue weighted by Gasteiger charge is -2.20. The van der Waals surface area contributed by atoms with Gasteiger partial charge in [0.2, 0.25) is 0 Å². The molecule has 2 N–H and O–H groups in total. The number of aliphatic hydroxyl groups excluding tert-OH is 1. The maximum absolute atomic E-state index is 9.07. The van der Waals surface area contributed by atoms with Crippen molar-refractivity contribution in [2.75, 3.05) is 13.2 Å². The van der Waals surface area contributed by atoms with Crippen molar-refractivity contribution in [2.24, 2.45) is 5.41 Å². The van der Waals surface area contributed by atoms with Gasteiger partial charge in [-0.1, -0.05) is 29.3 Å². The second-order valence-electron chi connectivity index (χ2n) is 6.00. The van der Waals surface area contributed by atoms with E-state index in [2.05, 4.69) is 44.3 Å². The fourth-order valence-corrected chi connectivity index (χ4v) is 2.68. The molecule has 0 spiro atoms. The van der Waals surface area contributed by atoms with Gasteiger partial charge in [-0.05, 0) is 51.0 Å². The Kier molecular flexibility index (Phi) is 4.08. The van der Waals surface area contributed by atoms with Crippen LogP contribution in [0.2, 0.25) is 0 Å². The van der Waals surface area contributed by atoms with Gasteiger partial charge in [-0.25, -0.2) is 0 Å². The van der Waals surface area contributed by atoms with E-state index in [1.54, 1.807) is 0 Å². The Morgan fingerprint density at radius 3 is 2.33 bits per heavy atom. The first-order valence-corrected chi connectivity index (χ1v) is 6.97. The summed E-state index contributed by atoms with van der Waals surface area (Å²) in [5, 5.41) is 12.7. The quantitative estimate of drug-likeness (QED) is 0.809. The Morgan fingerprint density at radius 2 is 1.83 bits per heavy atom. The summed E-state index contributed by atoms with van der Waals surface area (Å²) in [7, 11) is 0. The number of hydrogen-bond acceptors (Lipinski definition) is 2. The molecule has 1 aromatic carbocycles. The van der Waals surface area contributed by atoms with Crippen LogP contribution in [0, 0.1) is 19.3 Å². The first kappa shape index (κ1) is 13.6. The highest BCUT2D eigenvalue weighted by Gasteiger charge is 2.41. The first-order valence-electron chi connectivity index (χ1n) is 6.97. The lowest BCUT2D eigenvalue weighted by molar-refractivity contribution is 0.243. The number of aliphatic hydroxyl groups is 1. The molecule has 1 fully saturated rings. The fourth-order valence-electron chi connectivity index (χ4n) is 2.68. The zero-order chi connectivity index (χ0) is 13.2. The van der Waals surface area contributed by atoms with Crippen molar-refractivity contribution in [2.45, 2.75) is 46.1 Å². The summed E-state index contributed by atoms with van der Waals surface area (Å²) >= 11 is 0. The molecule has 1 saturated carbocycles. The van der Waals surface area contributed by atoms with Gasteiger partial charge in [0.1, 0.15) is 0 Å². The van der Waals surface area contributed by atoms with Gasteiger partial charge >= 0.3 is 0 Å². The summed E-state index contributed by atoms with van der Waals surface area (Å²) in [6.07, 6.45) is 3.47. The van der Waals surface area contributed by atoms with Gasteiger partial charge in [-0.3, -0.25) is 0 Å². The fraction of sp³-hybridized carbons (Fsp3) is 0.625. The molecule has 1 aliphatic carbocycles. The third-order valence-corrected chi connectivity index (χ3v) is 4.13. The summed E-state index contributed by atoms with van der Waals surface area (Å²) in [6, 6.07) is 7.12. The molecule has 0 radical (unpaired) electrons. The summed E-state index contributed by atoms with van der Waals surface area (Å²) in [4.78, 5) is 0. The van der Waals surface area contributed by atoms with Crippen LogP contribution in [0.5, 0.6) is 0 Å². The second kappa shape index (κ2) is 5.41. The van der Waals surface area contributed by atoms with Crippen LogP contribution in [-0.4, -0.2) is 18.3 Å². The van der Waals surface area contributed by atoms with Crippen molar-refractivity contribution < 1.29 is 5.11 Å². The molecule has 1 unspecified atom stereocenters. The van der Waals surface area contributed by atoms with Gasteiger partial charge in [0.15, 0.2) is 0 Å². The van der Waals surface area contributed by atoms with E-state index in [-0.39, 0.29) is 0 Å². The van der Waals surface area contributed by atoms with Crippen LogP contribution in [0.1, 0.15) is 48.9 Å². The normalized spacial score (nSPS) is 18.7. The molecule has 100 valence electrons. The largest absolute Gasteiger partial charge is 0.396 e. The lowest BCUT2D eigenvalue weighted by atomic mass is 10.00. The van der Waals surface area contributed by atoms with E-state index in [1.807, 2.05) is 0 Å². The van der Waals surface area contributed by atoms with Gasteiger partial charge in [0, 0.05) is 19.2 Å². The van der Waals surface area contributed by atoms with Gasteiger partial charge in [0.25, 0.3) is 0 Å². The van der Waals surface area contributed by atoms with E-state index in [0.717, 1.165) is 13.0 Å². The van der Waals surface area contributed by atoms with Crippen LogP contribution in [0.3, 0.4) is 0 Å². The Hall–Kier alpha value is -0.860. The molecule has 0 amide bonds. The number of rotatable bonds is 6. The third-order valence-electron chi connectivity index (χ3n) is 4.13. The molecule has 0 heterocycles. The highest BCUT2D eigenvalue weighted by Crippen LogP contribution is 2.48. The molecule has 2 rings (SSSR count). The predicted molar refractivity (Wildman–Crippen MR) is 75.7 cm³/mol. The number of aryl methyl sites for hydroxylation is 2. The Morgan fingerprint density at radius 1 is 1.22 bits per heavy atom. The molecular weight excluding hydrogens is 222 g/mol. The summed E-state index contributed by atoms with van der Waals surface area (Å²) in [5.41, 5.74) is 4.42.